The van der Waals surface area contributed by atoms with Gasteiger partial charge in [-0.05, 0) is 0 Å². The second-order valence-electron chi connectivity index (χ2n) is 6.74. The molecule has 0 aromatic heterocycles. The minimum atomic E-state index is -0.897. The Hall–Kier alpha value is -0.360. The van der Waals surface area contributed by atoms with Gasteiger partial charge in [-0.3, -0.25) is 0 Å². The molecule has 0 aromatic rings. The Morgan fingerprint density at radius 2 is 0.640 bits per heavy atom. The summed E-state index contributed by atoms with van der Waals surface area (Å²) in [6.07, 6.45) is -2.44. The number of hydrogen-bond donors (Lipinski definition) is 8. The highest BCUT2D eigenvalue weighted by Gasteiger charge is 2.30. The number of rotatable bonds is 16. The summed E-state index contributed by atoms with van der Waals surface area (Å²) in [7, 11) is 0. The van der Waals surface area contributed by atoms with Crippen LogP contribution in [0.25, 0.3) is 0 Å². The monoisotopic (exact) mass is 370 g/mol. The van der Waals surface area contributed by atoms with Crippen LogP contribution in [0.4, 0.5) is 0 Å². The van der Waals surface area contributed by atoms with Gasteiger partial charge in [0.2, 0.25) is 0 Å². The Morgan fingerprint density at radius 1 is 0.440 bits per heavy atom. The molecule has 9 heteroatoms. The van der Waals surface area contributed by atoms with Crippen molar-refractivity contribution in [1.29, 1.82) is 0 Å². The van der Waals surface area contributed by atoms with Crippen LogP contribution < -0.4 is 0 Å². The predicted molar refractivity (Wildman–Crippen MR) is 90.6 cm³/mol. The lowest BCUT2D eigenvalue weighted by Gasteiger charge is -2.41. The molecule has 0 fully saturated rings. The maximum absolute atomic E-state index is 9.66. The van der Waals surface area contributed by atoms with Crippen LogP contribution in [0.15, 0.2) is 0 Å². The lowest BCUT2D eigenvalue weighted by molar-refractivity contribution is -0.930. The molecule has 0 aromatic carbocycles. The first-order chi connectivity index (χ1) is 11.8. The van der Waals surface area contributed by atoms with Gasteiger partial charge in [-0.15, -0.1) is 0 Å². The van der Waals surface area contributed by atoms with Crippen LogP contribution in [-0.2, 0) is 0 Å². The van der Waals surface area contributed by atoms with E-state index >= 15 is 0 Å². The largest absolute Gasteiger partial charge is 0.394 e. The molecule has 4 atom stereocenters. The van der Waals surface area contributed by atoms with Crippen molar-refractivity contribution in [2.24, 2.45) is 0 Å². The molecule has 0 spiro atoms. The fourth-order valence-electron chi connectivity index (χ4n) is 2.73. The van der Waals surface area contributed by atoms with Gasteiger partial charge >= 0.3 is 0 Å². The molecule has 0 aliphatic heterocycles. The molecule has 0 amide bonds. The van der Waals surface area contributed by atoms with Gasteiger partial charge in [-0.25, -0.2) is 0 Å². The minimum absolute atomic E-state index is 0.288. The third kappa shape index (κ3) is 11.1. The van der Waals surface area contributed by atoms with Crippen molar-refractivity contribution in [3.8, 4) is 0 Å². The molecule has 0 bridgehead atoms. The van der Waals surface area contributed by atoms with E-state index in [1.165, 1.54) is 0 Å². The van der Waals surface area contributed by atoms with Gasteiger partial charge in [0, 0.05) is 25.7 Å². The lowest BCUT2D eigenvalue weighted by atomic mass is 10.1. The molecule has 25 heavy (non-hydrogen) atoms. The summed E-state index contributed by atoms with van der Waals surface area (Å²) in [6, 6.07) is 0. The van der Waals surface area contributed by atoms with Gasteiger partial charge in [0.25, 0.3) is 0 Å². The quantitative estimate of drug-likeness (QED) is 0.132. The van der Waals surface area contributed by atoms with Crippen molar-refractivity contribution >= 4 is 0 Å². The van der Waals surface area contributed by atoms with Crippen LogP contribution in [0.1, 0.15) is 25.7 Å². The van der Waals surface area contributed by atoms with Crippen LogP contribution in [0.2, 0.25) is 0 Å². The second-order valence-corrected chi connectivity index (χ2v) is 6.74. The van der Waals surface area contributed by atoms with E-state index in [0.29, 0.717) is 30.7 Å². The van der Waals surface area contributed by atoms with E-state index in [2.05, 4.69) is 0 Å². The topological polar surface area (TPSA) is 162 Å². The highest BCUT2D eigenvalue weighted by molar-refractivity contribution is 4.62. The van der Waals surface area contributed by atoms with Crippen molar-refractivity contribution in [3.05, 3.63) is 0 Å². The van der Waals surface area contributed by atoms with Crippen molar-refractivity contribution in [2.75, 3.05) is 52.6 Å². The van der Waals surface area contributed by atoms with Gasteiger partial charge in [0.15, 0.2) is 0 Å². The van der Waals surface area contributed by atoms with Crippen molar-refractivity contribution in [3.63, 3.8) is 0 Å². The van der Waals surface area contributed by atoms with E-state index in [-0.39, 0.29) is 52.1 Å². The van der Waals surface area contributed by atoms with Gasteiger partial charge in [0.05, 0.1) is 77.0 Å². The molecule has 4 unspecified atom stereocenters. The van der Waals surface area contributed by atoms with E-state index in [9.17, 15) is 20.4 Å². The predicted octanol–water partition coefficient (Wildman–Crippen LogP) is -3.22. The normalized spacial score (nSPS) is 19.2. The summed E-state index contributed by atoms with van der Waals surface area (Å²) in [5.74, 6) is 0. The van der Waals surface area contributed by atoms with Crippen molar-refractivity contribution in [1.82, 2.24) is 0 Å². The Bertz CT molecular complexity index is 259. The number of quaternary nitrogens is 1. The van der Waals surface area contributed by atoms with Gasteiger partial charge in [0.1, 0.15) is 0 Å². The molecule has 0 radical (unpaired) electrons. The van der Waals surface area contributed by atoms with Gasteiger partial charge < -0.3 is 45.3 Å². The fourth-order valence-corrected chi connectivity index (χ4v) is 2.73. The van der Waals surface area contributed by atoms with Gasteiger partial charge in [-0.1, -0.05) is 0 Å². The fraction of sp³-hybridized carbons (Fsp3) is 1.00. The summed E-state index contributed by atoms with van der Waals surface area (Å²) >= 11 is 0. The van der Waals surface area contributed by atoms with Gasteiger partial charge in [-0.2, -0.15) is 0 Å². The first-order valence-electron chi connectivity index (χ1n) is 8.83. The number of aliphatic hydroxyl groups excluding tert-OH is 8. The van der Waals surface area contributed by atoms with Crippen LogP contribution in [0.3, 0.4) is 0 Å². The highest BCUT2D eigenvalue weighted by atomic mass is 16.3. The van der Waals surface area contributed by atoms with Crippen LogP contribution in [-0.4, -0.2) is 122 Å². The van der Waals surface area contributed by atoms with E-state index in [4.69, 9.17) is 20.4 Å². The zero-order valence-electron chi connectivity index (χ0n) is 14.8. The van der Waals surface area contributed by atoms with E-state index in [1.807, 2.05) is 0 Å². The number of hydrogen-bond acceptors (Lipinski definition) is 8. The molecule has 152 valence electrons. The molecule has 0 saturated carbocycles. The first kappa shape index (κ1) is 24.6. The molecule has 8 N–H and O–H groups in total. The van der Waals surface area contributed by atoms with Crippen molar-refractivity contribution in [2.45, 2.75) is 50.1 Å². The Morgan fingerprint density at radius 3 is 0.800 bits per heavy atom. The Labute approximate surface area is 149 Å². The maximum atomic E-state index is 9.66. The zero-order chi connectivity index (χ0) is 19.3. The molecule has 0 heterocycles. The molecule has 0 aliphatic carbocycles. The third-order valence-corrected chi connectivity index (χ3v) is 4.59. The molecule has 0 aliphatic rings. The highest BCUT2D eigenvalue weighted by Crippen LogP contribution is 2.17. The maximum Gasteiger partial charge on any atom is 0.0824 e. The van der Waals surface area contributed by atoms with E-state index in [1.54, 1.807) is 0 Å². The molecule has 0 saturated heterocycles. The Kier molecular flexibility index (Phi) is 13.6. The number of aliphatic hydroxyl groups is 8. The van der Waals surface area contributed by atoms with E-state index < -0.39 is 24.4 Å². The molecule has 0 rings (SSSR count). The second kappa shape index (κ2) is 13.8. The van der Waals surface area contributed by atoms with Crippen molar-refractivity contribution < 1.29 is 45.3 Å². The molecule has 9 nitrogen and oxygen atoms in total. The summed E-state index contributed by atoms with van der Waals surface area (Å²) in [5.41, 5.74) is 0. The SMILES string of the molecule is OCC(O)CC[N+](CCC(O)CO)(CCC(O)CO)CCC(O)CO. The van der Waals surface area contributed by atoms with Crippen LogP contribution >= 0.6 is 0 Å². The number of nitrogens with zero attached hydrogens (tertiary/aromatic N) is 1. The first-order valence-corrected chi connectivity index (χ1v) is 8.83. The lowest BCUT2D eigenvalue weighted by Crippen LogP contribution is -2.54. The standard InChI is InChI=1S/C16H36NO8/c18-9-13(22)1-5-17(6-2-14(23)10-19,7-3-15(24)11-20)8-4-16(25)12-21/h13-16,18-25H,1-12H2/q+1. The Balaban J connectivity index is 5.11. The van der Waals surface area contributed by atoms with Crippen LogP contribution in [0, 0.1) is 0 Å². The average Bonchev–Trinajstić information content (AvgIpc) is 2.65. The summed E-state index contributed by atoms with van der Waals surface area (Å²) in [4.78, 5) is 0. The summed E-state index contributed by atoms with van der Waals surface area (Å²) in [5, 5.41) is 74.8. The minimum Gasteiger partial charge on any atom is -0.394 e. The summed E-state index contributed by atoms with van der Waals surface area (Å²) in [6.45, 7) is 0.198. The smallest absolute Gasteiger partial charge is 0.0824 e. The summed E-state index contributed by atoms with van der Waals surface area (Å²) < 4.78 is 0.322. The third-order valence-electron chi connectivity index (χ3n) is 4.59. The molecular weight excluding hydrogens is 334 g/mol. The average molecular weight is 370 g/mol. The zero-order valence-corrected chi connectivity index (χ0v) is 14.8. The van der Waals surface area contributed by atoms with Crippen LogP contribution in [0.5, 0.6) is 0 Å². The van der Waals surface area contributed by atoms with E-state index in [0.717, 1.165) is 0 Å². The molecular formula is C16H36NO8+.